The van der Waals surface area contributed by atoms with Gasteiger partial charge in [0.1, 0.15) is 17.4 Å². The number of nitrogens with zero attached hydrogens (tertiary/aromatic N) is 1. The molecule has 4 nitrogen and oxygen atoms in total. The van der Waals surface area contributed by atoms with Crippen LogP contribution in [0.2, 0.25) is 0 Å². The summed E-state index contributed by atoms with van der Waals surface area (Å²) in [7, 11) is 3.64. The van der Waals surface area contributed by atoms with Gasteiger partial charge in [-0.25, -0.2) is 0 Å². The molecule has 0 radical (unpaired) electrons. The van der Waals surface area contributed by atoms with E-state index in [1.54, 1.807) is 7.11 Å². The van der Waals surface area contributed by atoms with Crippen molar-refractivity contribution in [1.29, 1.82) is 0 Å². The molecule has 1 aliphatic rings. The number of methoxy groups -OCH3 is 1. The summed E-state index contributed by atoms with van der Waals surface area (Å²) in [6.45, 7) is 0. The Morgan fingerprint density at radius 1 is 0.767 bits per heavy atom. The van der Waals surface area contributed by atoms with E-state index in [0.29, 0.717) is 5.75 Å². The molecule has 1 unspecified atom stereocenters. The second-order valence-corrected chi connectivity index (χ2v) is 7.41. The highest BCUT2D eigenvalue weighted by Gasteiger charge is 2.35. The predicted molar refractivity (Wildman–Crippen MR) is 119 cm³/mol. The summed E-state index contributed by atoms with van der Waals surface area (Å²) in [4.78, 5) is 15.5. The van der Waals surface area contributed by atoms with Crippen LogP contribution in [0.15, 0.2) is 84.9 Å². The van der Waals surface area contributed by atoms with Gasteiger partial charge in [0.2, 0.25) is 0 Å². The van der Waals surface area contributed by atoms with Crippen molar-refractivity contribution in [2.75, 3.05) is 19.1 Å². The zero-order chi connectivity index (χ0) is 20.7. The lowest BCUT2D eigenvalue weighted by Crippen LogP contribution is -2.28. The number of para-hydroxylation sites is 1. The fourth-order valence-electron chi connectivity index (χ4n) is 4.18. The number of hydrogen-bond donors (Lipinski definition) is 0. The van der Waals surface area contributed by atoms with E-state index in [4.69, 9.17) is 9.47 Å². The molecule has 4 aromatic rings. The number of anilines is 2. The molecule has 0 spiro atoms. The third kappa shape index (κ3) is 2.98. The van der Waals surface area contributed by atoms with Gasteiger partial charge in [-0.3, -0.25) is 4.79 Å². The van der Waals surface area contributed by atoms with Crippen LogP contribution in [0, 0.1) is 0 Å². The smallest absolute Gasteiger partial charge is 0.323 e. The van der Waals surface area contributed by atoms with Gasteiger partial charge >= 0.3 is 5.97 Å². The summed E-state index contributed by atoms with van der Waals surface area (Å²) in [6, 6.07) is 27.5. The molecule has 0 saturated carbocycles. The SMILES string of the molecule is COc1ccc2c(c1)N(C)c1ccccc1C2C(=O)Oc1ccc2ccccc2c1. The van der Waals surface area contributed by atoms with Crippen LogP contribution in [-0.4, -0.2) is 20.1 Å². The fraction of sp³-hybridized carbons (Fsp3) is 0.115. The number of carbonyl (C=O) groups is 1. The Labute approximate surface area is 175 Å². The Balaban J connectivity index is 1.57. The molecule has 30 heavy (non-hydrogen) atoms. The molecule has 1 heterocycles. The molecule has 0 saturated heterocycles. The van der Waals surface area contributed by atoms with Crippen LogP contribution in [0.3, 0.4) is 0 Å². The number of ether oxygens (including phenoxy) is 2. The van der Waals surface area contributed by atoms with E-state index in [2.05, 4.69) is 4.90 Å². The lowest BCUT2D eigenvalue weighted by molar-refractivity contribution is -0.135. The Hall–Kier alpha value is -3.79. The summed E-state index contributed by atoms with van der Waals surface area (Å²) < 4.78 is 11.3. The van der Waals surface area contributed by atoms with Gasteiger partial charge in [0, 0.05) is 24.5 Å². The third-order valence-electron chi connectivity index (χ3n) is 5.69. The molecule has 0 fully saturated rings. The monoisotopic (exact) mass is 395 g/mol. The minimum atomic E-state index is -0.509. The van der Waals surface area contributed by atoms with Crippen molar-refractivity contribution < 1.29 is 14.3 Å². The van der Waals surface area contributed by atoms with Crippen LogP contribution in [0.4, 0.5) is 11.4 Å². The topological polar surface area (TPSA) is 38.8 Å². The number of hydrogen-bond acceptors (Lipinski definition) is 4. The number of benzene rings is 4. The summed E-state index contributed by atoms with van der Waals surface area (Å²) in [5.41, 5.74) is 3.76. The molecule has 0 amide bonds. The second kappa shape index (κ2) is 7.23. The normalized spacial score (nSPS) is 14.7. The van der Waals surface area contributed by atoms with Gasteiger partial charge in [-0.2, -0.15) is 0 Å². The van der Waals surface area contributed by atoms with E-state index in [-0.39, 0.29) is 5.97 Å². The first-order valence-electron chi connectivity index (χ1n) is 9.87. The second-order valence-electron chi connectivity index (χ2n) is 7.41. The summed E-state index contributed by atoms with van der Waals surface area (Å²) in [5.74, 6) is 0.494. The van der Waals surface area contributed by atoms with Gasteiger partial charge in [-0.05, 0) is 46.2 Å². The van der Waals surface area contributed by atoms with E-state index in [1.165, 1.54) is 0 Å². The third-order valence-corrected chi connectivity index (χ3v) is 5.69. The van der Waals surface area contributed by atoms with Crippen LogP contribution >= 0.6 is 0 Å². The summed E-state index contributed by atoms with van der Waals surface area (Å²) in [6.07, 6.45) is 0. The number of esters is 1. The minimum absolute atomic E-state index is 0.294. The first-order chi connectivity index (χ1) is 14.7. The molecule has 0 bridgehead atoms. The van der Waals surface area contributed by atoms with Crippen molar-refractivity contribution in [3.63, 3.8) is 0 Å². The highest BCUT2D eigenvalue weighted by atomic mass is 16.5. The molecule has 5 rings (SSSR count). The van der Waals surface area contributed by atoms with E-state index in [1.807, 2.05) is 92.0 Å². The van der Waals surface area contributed by atoms with Crippen LogP contribution < -0.4 is 14.4 Å². The maximum Gasteiger partial charge on any atom is 0.323 e. The minimum Gasteiger partial charge on any atom is -0.497 e. The maximum absolute atomic E-state index is 13.4. The van der Waals surface area contributed by atoms with E-state index < -0.39 is 5.92 Å². The molecule has 148 valence electrons. The van der Waals surface area contributed by atoms with Crippen molar-refractivity contribution in [1.82, 2.24) is 0 Å². The molecule has 4 heteroatoms. The van der Waals surface area contributed by atoms with Crippen molar-refractivity contribution in [3.05, 3.63) is 96.1 Å². The van der Waals surface area contributed by atoms with Gasteiger partial charge in [-0.1, -0.05) is 54.6 Å². The lowest BCUT2D eigenvalue weighted by atomic mass is 9.85. The molecule has 0 aliphatic carbocycles. The van der Waals surface area contributed by atoms with E-state index in [0.717, 1.165) is 39.0 Å². The van der Waals surface area contributed by atoms with E-state index in [9.17, 15) is 4.79 Å². The predicted octanol–water partition coefficient (Wildman–Crippen LogP) is 5.67. The average molecular weight is 395 g/mol. The molecule has 4 aromatic carbocycles. The van der Waals surface area contributed by atoms with Crippen LogP contribution in [0.5, 0.6) is 11.5 Å². The molecule has 1 aliphatic heterocycles. The Kier molecular flexibility index (Phi) is 4.40. The molecule has 1 atom stereocenters. The lowest BCUT2D eigenvalue weighted by Gasteiger charge is -2.34. The van der Waals surface area contributed by atoms with Gasteiger partial charge in [-0.15, -0.1) is 0 Å². The molecular weight excluding hydrogens is 374 g/mol. The molecule has 0 N–H and O–H groups in total. The Morgan fingerprint density at radius 2 is 1.47 bits per heavy atom. The van der Waals surface area contributed by atoms with Crippen LogP contribution in [-0.2, 0) is 4.79 Å². The highest BCUT2D eigenvalue weighted by molar-refractivity contribution is 5.93. The summed E-state index contributed by atoms with van der Waals surface area (Å²) >= 11 is 0. The van der Waals surface area contributed by atoms with Gasteiger partial charge in [0.05, 0.1) is 7.11 Å². The van der Waals surface area contributed by atoms with Crippen molar-refractivity contribution in [2.45, 2.75) is 5.92 Å². The van der Waals surface area contributed by atoms with Gasteiger partial charge in [0.15, 0.2) is 0 Å². The van der Waals surface area contributed by atoms with Crippen LogP contribution in [0.25, 0.3) is 10.8 Å². The Bertz CT molecular complexity index is 1260. The van der Waals surface area contributed by atoms with Crippen molar-refractivity contribution in [2.24, 2.45) is 0 Å². The van der Waals surface area contributed by atoms with Crippen molar-refractivity contribution in [3.8, 4) is 11.5 Å². The first-order valence-corrected chi connectivity index (χ1v) is 9.87. The zero-order valence-corrected chi connectivity index (χ0v) is 16.8. The van der Waals surface area contributed by atoms with E-state index >= 15 is 0 Å². The standard InChI is InChI=1S/C26H21NO3/c1-27-23-10-6-5-9-21(23)25(22-14-13-19(29-2)16-24(22)27)26(28)30-20-12-11-17-7-3-4-8-18(17)15-20/h3-16,25H,1-2H3. The highest BCUT2D eigenvalue weighted by Crippen LogP contribution is 2.46. The van der Waals surface area contributed by atoms with Gasteiger partial charge < -0.3 is 14.4 Å². The molecule has 0 aromatic heterocycles. The van der Waals surface area contributed by atoms with Crippen molar-refractivity contribution >= 4 is 28.1 Å². The fourth-order valence-corrected chi connectivity index (χ4v) is 4.18. The number of rotatable bonds is 3. The maximum atomic E-state index is 13.4. The largest absolute Gasteiger partial charge is 0.497 e. The van der Waals surface area contributed by atoms with Crippen LogP contribution in [0.1, 0.15) is 17.0 Å². The quantitative estimate of drug-likeness (QED) is 0.331. The average Bonchev–Trinajstić information content (AvgIpc) is 2.79. The zero-order valence-electron chi connectivity index (χ0n) is 16.8. The summed E-state index contributed by atoms with van der Waals surface area (Å²) in [5, 5.41) is 2.15. The van der Waals surface area contributed by atoms with Gasteiger partial charge in [0.25, 0.3) is 0 Å². The Morgan fingerprint density at radius 3 is 2.30 bits per heavy atom. The number of carbonyl (C=O) groups excluding carboxylic acids is 1. The molecular formula is C26H21NO3. The first kappa shape index (κ1) is 18.3. The number of fused-ring (bicyclic) bond motifs is 3.